The fourth-order valence-corrected chi connectivity index (χ4v) is 4.82. The first-order valence-corrected chi connectivity index (χ1v) is 11.3. The lowest BCUT2D eigenvalue weighted by molar-refractivity contribution is 0.548. The van der Waals surface area contributed by atoms with Crippen LogP contribution in [0.3, 0.4) is 0 Å². The number of hydrogen-bond acceptors (Lipinski definition) is 4. The Morgan fingerprint density at radius 3 is 2.39 bits per heavy atom. The average molecular weight is 455 g/mol. The van der Waals surface area contributed by atoms with Crippen LogP contribution in [0.1, 0.15) is 29.2 Å². The molecule has 1 aliphatic heterocycles. The number of nitrogens with one attached hydrogen (secondary N) is 1. The summed E-state index contributed by atoms with van der Waals surface area (Å²) in [4.78, 5) is 13.3. The molecular formula is C26H26N6S. The molecule has 0 amide bonds. The van der Waals surface area contributed by atoms with Crippen molar-refractivity contribution in [3.05, 3.63) is 102 Å². The predicted molar refractivity (Wildman–Crippen MR) is 137 cm³/mol. The molecule has 0 aliphatic carbocycles. The van der Waals surface area contributed by atoms with Crippen molar-refractivity contribution in [1.29, 1.82) is 0 Å². The normalized spacial score (nSPS) is 17.8. The first kappa shape index (κ1) is 21.2. The highest BCUT2D eigenvalue weighted by Gasteiger charge is 2.42. The largest absolute Gasteiger partial charge is 0.378 e. The van der Waals surface area contributed by atoms with E-state index in [1.807, 2.05) is 44.7 Å². The molecule has 0 bridgehead atoms. The highest BCUT2D eigenvalue weighted by molar-refractivity contribution is 7.80. The number of benzene rings is 1. The molecule has 4 aromatic rings. The number of rotatable bonds is 5. The second kappa shape index (κ2) is 8.67. The second-order valence-corrected chi connectivity index (χ2v) is 8.74. The van der Waals surface area contributed by atoms with Gasteiger partial charge in [0.25, 0.3) is 0 Å². The summed E-state index contributed by atoms with van der Waals surface area (Å²) < 4.78 is 2.25. The van der Waals surface area contributed by atoms with Crippen molar-refractivity contribution in [2.45, 2.75) is 19.0 Å². The zero-order valence-electron chi connectivity index (χ0n) is 18.9. The molecule has 3 aromatic heterocycles. The Bertz CT molecular complexity index is 1250. The topological polar surface area (TPSA) is 49.2 Å². The molecule has 2 atom stereocenters. The van der Waals surface area contributed by atoms with Gasteiger partial charge in [0.1, 0.15) is 6.04 Å². The van der Waals surface area contributed by atoms with E-state index in [0.29, 0.717) is 5.11 Å². The minimum atomic E-state index is -0.100. The lowest BCUT2D eigenvalue weighted by Gasteiger charge is -2.29. The van der Waals surface area contributed by atoms with Gasteiger partial charge in [-0.2, -0.15) is 0 Å². The van der Waals surface area contributed by atoms with Crippen LogP contribution in [-0.2, 0) is 0 Å². The van der Waals surface area contributed by atoms with Gasteiger partial charge in [0.05, 0.1) is 23.6 Å². The van der Waals surface area contributed by atoms with Crippen molar-refractivity contribution >= 4 is 28.7 Å². The summed E-state index contributed by atoms with van der Waals surface area (Å²) in [5, 5.41) is 4.23. The summed E-state index contributed by atoms with van der Waals surface area (Å²) in [5.41, 5.74) is 6.42. The molecule has 166 valence electrons. The van der Waals surface area contributed by atoms with Gasteiger partial charge >= 0.3 is 0 Å². The van der Waals surface area contributed by atoms with Crippen molar-refractivity contribution in [2.24, 2.45) is 0 Å². The quantitative estimate of drug-likeness (QED) is 0.437. The number of hydrogen-bond donors (Lipinski definition) is 1. The van der Waals surface area contributed by atoms with E-state index in [4.69, 9.17) is 12.2 Å². The molecular weight excluding hydrogens is 428 g/mol. The number of pyridine rings is 2. The van der Waals surface area contributed by atoms with Crippen molar-refractivity contribution in [3.8, 4) is 5.69 Å². The monoisotopic (exact) mass is 454 g/mol. The number of nitrogens with zero attached hydrogens (tertiary/aromatic N) is 5. The zero-order chi connectivity index (χ0) is 22.9. The third-order valence-electron chi connectivity index (χ3n) is 6.06. The highest BCUT2D eigenvalue weighted by Crippen LogP contribution is 2.42. The van der Waals surface area contributed by atoms with Crippen LogP contribution in [0.5, 0.6) is 0 Å². The Morgan fingerprint density at radius 2 is 1.73 bits per heavy atom. The fraction of sp³-hybridized carbons (Fsp3) is 0.192. The minimum Gasteiger partial charge on any atom is -0.378 e. The molecule has 0 unspecified atom stereocenters. The Labute approximate surface area is 199 Å². The summed E-state index contributed by atoms with van der Waals surface area (Å²) in [7, 11) is 4.08. The van der Waals surface area contributed by atoms with E-state index in [1.165, 1.54) is 0 Å². The van der Waals surface area contributed by atoms with Crippen molar-refractivity contribution < 1.29 is 0 Å². The molecule has 33 heavy (non-hydrogen) atoms. The molecule has 1 saturated heterocycles. The summed E-state index contributed by atoms with van der Waals surface area (Å²) in [6.07, 6.45) is 5.52. The first-order chi connectivity index (χ1) is 16.0. The van der Waals surface area contributed by atoms with Gasteiger partial charge in [-0.05, 0) is 79.8 Å². The molecule has 4 heterocycles. The Balaban J connectivity index is 1.67. The lowest BCUT2D eigenvalue weighted by atomic mass is 10.0. The standard InChI is InChI=1S/C26H26N6S/c1-18-9-14-23(31(18)21-7-6-15-27-17-21)25-24(22-8-4-5-16-28-22)29-26(33)32(25)20-12-10-19(11-13-20)30(2)3/h4-17,24-25H,1-3H3,(H,29,33)/t24-,25-/m1/s1. The van der Waals surface area contributed by atoms with E-state index in [1.54, 1.807) is 6.20 Å². The van der Waals surface area contributed by atoms with Crippen LogP contribution in [0.2, 0.25) is 0 Å². The molecule has 1 aromatic carbocycles. The van der Waals surface area contributed by atoms with E-state index in [-0.39, 0.29) is 12.1 Å². The molecule has 0 spiro atoms. The van der Waals surface area contributed by atoms with Crippen LogP contribution < -0.4 is 15.1 Å². The van der Waals surface area contributed by atoms with Crippen LogP contribution in [-0.4, -0.2) is 33.7 Å². The Kier molecular flexibility index (Phi) is 5.56. The summed E-state index contributed by atoms with van der Waals surface area (Å²) in [6, 6.07) is 22.7. The van der Waals surface area contributed by atoms with Gasteiger partial charge in [-0.25, -0.2) is 0 Å². The first-order valence-electron chi connectivity index (χ1n) is 10.9. The minimum absolute atomic E-state index is 0.0912. The van der Waals surface area contributed by atoms with Crippen LogP contribution in [0.4, 0.5) is 11.4 Å². The second-order valence-electron chi connectivity index (χ2n) is 8.35. The van der Waals surface area contributed by atoms with Gasteiger partial charge in [0.2, 0.25) is 0 Å². The van der Waals surface area contributed by atoms with Gasteiger partial charge in [-0.1, -0.05) is 6.07 Å². The predicted octanol–water partition coefficient (Wildman–Crippen LogP) is 4.82. The zero-order valence-corrected chi connectivity index (χ0v) is 19.7. The molecule has 1 N–H and O–H groups in total. The Hall–Kier alpha value is -3.71. The van der Waals surface area contributed by atoms with Gasteiger partial charge in [0.15, 0.2) is 5.11 Å². The third kappa shape index (κ3) is 3.85. The molecule has 6 nitrogen and oxygen atoms in total. The lowest BCUT2D eigenvalue weighted by Crippen LogP contribution is -2.30. The molecule has 1 aliphatic rings. The SMILES string of the molecule is Cc1ccc([C@@H]2[C@@H](c3ccccn3)NC(=S)N2c2ccc(N(C)C)cc2)n1-c1cccnc1. The van der Waals surface area contributed by atoms with E-state index >= 15 is 0 Å². The maximum atomic E-state index is 5.88. The van der Waals surface area contributed by atoms with Crippen molar-refractivity contribution in [3.63, 3.8) is 0 Å². The third-order valence-corrected chi connectivity index (χ3v) is 6.37. The van der Waals surface area contributed by atoms with Crippen LogP contribution in [0, 0.1) is 6.92 Å². The maximum Gasteiger partial charge on any atom is 0.174 e. The van der Waals surface area contributed by atoms with Gasteiger partial charge < -0.3 is 19.7 Å². The van der Waals surface area contributed by atoms with Crippen molar-refractivity contribution in [2.75, 3.05) is 23.9 Å². The summed E-state index contributed by atoms with van der Waals surface area (Å²) >= 11 is 5.88. The van der Waals surface area contributed by atoms with Gasteiger partial charge in [-0.15, -0.1) is 0 Å². The van der Waals surface area contributed by atoms with Crippen LogP contribution in [0.25, 0.3) is 5.69 Å². The Morgan fingerprint density at radius 1 is 0.909 bits per heavy atom. The van der Waals surface area contributed by atoms with E-state index < -0.39 is 0 Å². The molecule has 0 saturated carbocycles. The fourth-order valence-electron chi connectivity index (χ4n) is 4.47. The molecule has 1 fully saturated rings. The molecule has 0 radical (unpaired) electrons. The maximum absolute atomic E-state index is 5.88. The smallest absolute Gasteiger partial charge is 0.174 e. The number of thiocarbonyl (C=S) groups is 1. The molecule has 7 heteroatoms. The average Bonchev–Trinajstić information content (AvgIpc) is 3.39. The number of aryl methyl sites for hydroxylation is 1. The summed E-state index contributed by atoms with van der Waals surface area (Å²) in [6.45, 7) is 2.11. The van der Waals surface area contributed by atoms with Gasteiger partial charge in [0, 0.05) is 49.3 Å². The van der Waals surface area contributed by atoms with Crippen LogP contribution >= 0.6 is 12.2 Å². The number of anilines is 2. The van der Waals surface area contributed by atoms with E-state index in [0.717, 1.165) is 34.1 Å². The van der Waals surface area contributed by atoms with E-state index in [2.05, 4.69) is 85.1 Å². The highest BCUT2D eigenvalue weighted by atomic mass is 32.1. The number of aromatic nitrogens is 3. The molecule has 5 rings (SSSR count). The van der Waals surface area contributed by atoms with Crippen LogP contribution in [0.15, 0.2) is 85.3 Å². The van der Waals surface area contributed by atoms with Crippen molar-refractivity contribution in [1.82, 2.24) is 19.9 Å². The summed E-state index contributed by atoms with van der Waals surface area (Å²) in [5.74, 6) is 0. The van der Waals surface area contributed by atoms with Gasteiger partial charge in [-0.3, -0.25) is 9.97 Å². The van der Waals surface area contributed by atoms with E-state index in [9.17, 15) is 0 Å².